The molecule has 1 nitrogen and oxygen atoms in total. The molecule has 0 radical (unpaired) electrons. The van der Waals surface area contributed by atoms with Gasteiger partial charge in [-0.3, -0.25) is 0 Å². The van der Waals surface area contributed by atoms with Crippen molar-refractivity contribution in [3.05, 3.63) is 48.0 Å². The second-order valence-corrected chi connectivity index (χ2v) is 3.39. The number of hydrogen-bond donors (Lipinski definition) is 1. The van der Waals surface area contributed by atoms with E-state index in [1.807, 2.05) is 6.08 Å². The number of rotatable bonds is 4. The molecule has 1 N–H and O–H groups in total. The smallest absolute Gasteiger partial charge is 0.0222 e. The highest BCUT2D eigenvalue weighted by Gasteiger charge is 1.95. The molecule has 1 atom stereocenters. The Labute approximate surface area is 80.5 Å². The van der Waals surface area contributed by atoms with Crippen LogP contribution >= 0.6 is 0 Å². The maximum atomic E-state index is 3.72. The Hall–Kier alpha value is -1.08. The maximum Gasteiger partial charge on any atom is 0.0222 e. The minimum Gasteiger partial charge on any atom is -0.307 e. The Morgan fingerprint density at radius 2 is 2.00 bits per heavy atom. The molecular weight excluding hydrogens is 158 g/mol. The number of hydrogen-bond acceptors (Lipinski definition) is 1. The summed E-state index contributed by atoms with van der Waals surface area (Å²) in [5.41, 5.74) is 2.62. The fourth-order valence-corrected chi connectivity index (χ4v) is 1.07. The van der Waals surface area contributed by atoms with Gasteiger partial charge in [-0.05, 0) is 19.4 Å². The number of nitrogens with one attached hydrogen (secondary N) is 1. The largest absolute Gasteiger partial charge is 0.307 e. The lowest BCUT2D eigenvalue weighted by Crippen LogP contribution is -2.22. The van der Waals surface area contributed by atoms with Gasteiger partial charge >= 0.3 is 0 Å². The first-order chi connectivity index (χ1) is 6.22. The van der Waals surface area contributed by atoms with E-state index in [1.165, 1.54) is 11.1 Å². The van der Waals surface area contributed by atoms with Crippen LogP contribution in [0.1, 0.15) is 18.1 Å². The Balaban J connectivity index is 2.45. The van der Waals surface area contributed by atoms with Gasteiger partial charge in [-0.15, -0.1) is 6.58 Å². The van der Waals surface area contributed by atoms with Crippen molar-refractivity contribution in [3.63, 3.8) is 0 Å². The van der Waals surface area contributed by atoms with Gasteiger partial charge in [0.1, 0.15) is 0 Å². The average Bonchev–Trinajstić information content (AvgIpc) is 2.16. The van der Waals surface area contributed by atoms with Crippen molar-refractivity contribution in [3.8, 4) is 0 Å². The average molecular weight is 175 g/mol. The molecule has 1 rings (SSSR count). The number of aryl methyl sites for hydroxylation is 1. The van der Waals surface area contributed by atoms with Crippen LogP contribution in [0.25, 0.3) is 0 Å². The zero-order valence-electron chi connectivity index (χ0n) is 8.38. The van der Waals surface area contributed by atoms with Crippen LogP contribution < -0.4 is 5.32 Å². The van der Waals surface area contributed by atoms with E-state index < -0.39 is 0 Å². The summed E-state index contributed by atoms with van der Waals surface area (Å²) in [6, 6.07) is 8.95. The van der Waals surface area contributed by atoms with Crippen molar-refractivity contribution in [2.45, 2.75) is 26.4 Å². The van der Waals surface area contributed by atoms with Gasteiger partial charge in [0.15, 0.2) is 0 Å². The summed E-state index contributed by atoms with van der Waals surface area (Å²) < 4.78 is 0. The van der Waals surface area contributed by atoms with Gasteiger partial charge in [-0.2, -0.15) is 0 Å². The monoisotopic (exact) mass is 175 g/mol. The Kier molecular flexibility index (Phi) is 3.71. The third-order valence-electron chi connectivity index (χ3n) is 2.10. The van der Waals surface area contributed by atoms with E-state index in [0.29, 0.717) is 6.04 Å². The molecule has 0 heterocycles. The van der Waals surface area contributed by atoms with E-state index in [-0.39, 0.29) is 0 Å². The van der Waals surface area contributed by atoms with Gasteiger partial charge in [0.2, 0.25) is 0 Å². The molecule has 70 valence electrons. The predicted octanol–water partition coefficient (Wildman–Crippen LogP) is 2.66. The summed E-state index contributed by atoms with van der Waals surface area (Å²) in [7, 11) is 0. The second-order valence-electron chi connectivity index (χ2n) is 3.39. The lowest BCUT2D eigenvalue weighted by Gasteiger charge is -2.08. The Morgan fingerprint density at radius 1 is 1.38 bits per heavy atom. The first-order valence-corrected chi connectivity index (χ1v) is 4.64. The lowest BCUT2D eigenvalue weighted by atomic mass is 10.1. The molecule has 0 saturated carbocycles. The van der Waals surface area contributed by atoms with Gasteiger partial charge in [0.05, 0.1) is 0 Å². The van der Waals surface area contributed by atoms with Crippen molar-refractivity contribution in [2.75, 3.05) is 0 Å². The molecule has 0 bridgehead atoms. The van der Waals surface area contributed by atoms with Crippen molar-refractivity contribution in [1.82, 2.24) is 5.32 Å². The molecule has 0 aromatic heterocycles. The summed E-state index contributed by atoms with van der Waals surface area (Å²) in [4.78, 5) is 0. The minimum absolute atomic E-state index is 0.376. The van der Waals surface area contributed by atoms with E-state index in [1.54, 1.807) is 0 Å². The van der Waals surface area contributed by atoms with Crippen molar-refractivity contribution in [2.24, 2.45) is 0 Å². The second kappa shape index (κ2) is 4.83. The van der Waals surface area contributed by atoms with Gasteiger partial charge in [0.25, 0.3) is 0 Å². The molecule has 0 aliphatic heterocycles. The molecule has 0 amide bonds. The molecule has 1 aromatic rings. The van der Waals surface area contributed by atoms with E-state index in [0.717, 1.165) is 6.54 Å². The lowest BCUT2D eigenvalue weighted by molar-refractivity contribution is 0.634. The van der Waals surface area contributed by atoms with Crippen LogP contribution in [0.4, 0.5) is 0 Å². The fraction of sp³-hybridized carbons (Fsp3) is 0.333. The van der Waals surface area contributed by atoms with Crippen molar-refractivity contribution < 1.29 is 0 Å². The van der Waals surface area contributed by atoms with Gasteiger partial charge in [0, 0.05) is 12.6 Å². The fourth-order valence-electron chi connectivity index (χ4n) is 1.07. The molecule has 0 spiro atoms. The highest BCUT2D eigenvalue weighted by Crippen LogP contribution is 2.02. The molecule has 1 heteroatoms. The number of benzene rings is 1. The third-order valence-corrected chi connectivity index (χ3v) is 2.10. The zero-order valence-corrected chi connectivity index (χ0v) is 8.38. The SMILES string of the molecule is C=CC(C)NCc1ccc(C)cc1. The van der Waals surface area contributed by atoms with E-state index in [4.69, 9.17) is 0 Å². The quantitative estimate of drug-likeness (QED) is 0.694. The molecule has 0 saturated heterocycles. The van der Waals surface area contributed by atoms with Crippen molar-refractivity contribution in [1.29, 1.82) is 0 Å². The Morgan fingerprint density at radius 3 is 2.54 bits per heavy atom. The van der Waals surface area contributed by atoms with E-state index >= 15 is 0 Å². The highest BCUT2D eigenvalue weighted by molar-refractivity contribution is 5.21. The molecule has 1 unspecified atom stereocenters. The summed E-state index contributed by atoms with van der Waals surface area (Å²) in [6.07, 6.45) is 1.91. The normalized spacial score (nSPS) is 12.5. The van der Waals surface area contributed by atoms with E-state index in [2.05, 4.69) is 50.0 Å². The minimum atomic E-state index is 0.376. The first-order valence-electron chi connectivity index (χ1n) is 4.64. The molecule has 0 aliphatic rings. The molecule has 0 fully saturated rings. The van der Waals surface area contributed by atoms with Crippen LogP contribution in [0.5, 0.6) is 0 Å². The molecular formula is C12H17N. The maximum absolute atomic E-state index is 3.72. The topological polar surface area (TPSA) is 12.0 Å². The summed E-state index contributed by atoms with van der Waals surface area (Å²) in [5.74, 6) is 0. The predicted molar refractivity (Wildman–Crippen MR) is 57.7 cm³/mol. The standard InChI is InChI=1S/C12H17N/c1-4-11(3)13-9-12-7-5-10(2)6-8-12/h4-8,11,13H,1,9H2,2-3H3. The Bertz CT molecular complexity index is 261. The van der Waals surface area contributed by atoms with Gasteiger partial charge < -0.3 is 5.32 Å². The van der Waals surface area contributed by atoms with Crippen LogP contribution in [0.15, 0.2) is 36.9 Å². The molecule has 13 heavy (non-hydrogen) atoms. The van der Waals surface area contributed by atoms with Crippen LogP contribution in [0.2, 0.25) is 0 Å². The molecule has 0 aliphatic carbocycles. The van der Waals surface area contributed by atoms with E-state index in [9.17, 15) is 0 Å². The zero-order chi connectivity index (χ0) is 9.68. The summed E-state index contributed by atoms with van der Waals surface area (Å²) in [6.45, 7) is 8.83. The first kappa shape index (κ1) is 10.0. The van der Waals surface area contributed by atoms with Crippen LogP contribution in [-0.2, 0) is 6.54 Å². The molecule has 1 aromatic carbocycles. The van der Waals surface area contributed by atoms with Crippen LogP contribution in [0, 0.1) is 6.92 Å². The van der Waals surface area contributed by atoms with Crippen molar-refractivity contribution >= 4 is 0 Å². The van der Waals surface area contributed by atoms with Crippen LogP contribution in [0.3, 0.4) is 0 Å². The summed E-state index contributed by atoms with van der Waals surface area (Å²) >= 11 is 0. The summed E-state index contributed by atoms with van der Waals surface area (Å²) in [5, 5.41) is 3.35. The third kappa shape index (κ3) is 3.43. The van der Waals surface area contributed by atoms with Crippen LogP contribution in [-0.4, -0.2) is 6.04 Å². The van der Waals surface area contributed by atoms with Gasteiger partial charge in [-0.1, -0.05) is 35.9 Å². The highest BCUT2D eigenvalue weighted by atomic mass is 14.9. The van der Waals surface area contributed by atoms with Gasteiger partial charge in [-0.25, -0.2) is 0 Å².